The highest BCUT2D eigenvalue weighted by molar-refractivity contribution is 7.80. The van der Waals surface area contributed by atoms with E-state index in [-0.39, 0.29) is 25.1 Å². The highest BCUT2D eigenvalue weighted by Crippen LogP contribution is 2.22. The van der Waals surface area contributed by atoms with Crippen molar-refractivity contribution in [3.63, 3.8) is 0 Å². The van der Waals surface area contributed by atoms with Crippen molar-refractivity contribution in [2.24, 2.45) is 5.73 Å². The minimum absolute atomic E-state index is 0.124. The maximum Gasteiger partial charge on any atom is 0.334 e. The molecule has 0 unspecified atom stereocenters. The van der Waals surface area contributed by atoms with Gasteiger partial charge in [-0.25, -0.2) is 4.79 Å². The Hall–Kier alpha value is -3.37. The summed E-state index contributed by atoms with van der Waals surface area (Å²) in [6.45, 7) is 0.147. The molecule has 0 aliphatic rings. The molecule has 3 atom stereocenters. The first-order chi connectivity index (χ1) is 15.7. The van der Waals surface area contributed by atoms with Crippen LogP contribution in [-0.4, -0.2) is 57.7 Å². The van der Waals surface area contributed by atoms with E-state index in [9.17, 15) is 24.3 Å². The molecule has 0 radical (unpaired) electrons. The standard InChI is InChI=1S/C23H27N3O6S/c24-17(22(29)30)11-12-19(27)25-18(14-33)21(28)20(23(31)32)26(16-9-5-2-6-10-16)13-15-7-3-1-4-8-15/h1-10,17-18,20,33H,11-14,24H2,(H,25,27)(H,29,30)(H,31,32)/t17-,18-,20-/m0/s1. The molecule has 5 N–H and O–H groups in total. The molecule has 33 heavy (non-hydrogen) atoms. The smallest absolute Gasteiger partial charge is 0.334 e. The van der Waals surface area contributed by atoms with Crippen molar-refractivity contribution in [2.45, 2.75) is 37.5 Å². The molecule has 2 aromatic rings. The van der Waals surface area contributed by atoms with Crippen LogP contribution in [0.3, 0.4) is 0 Å². The Morgan fingerprint density at radius 2 is 1.52 bits per heavy atom. The first kappa shape index (κ1) is 25.9. The normalized spacial score (nSPS) is 13.4. The van der Waals surface area contributed by atoms with Crippen molar-refractivity contribution in [3.8, 4) is 0 Å². The average molecular weight is 474 g/mol. The van der Waals surface area contributed by atoms with E-state index >= 15 is 0 Å². The number of para-hydroxylation sites is 1. The fraction of sp³-hybridized carbons (Fsp3) is 0.304. The summed E-state index contributed by atoms with van der Waals surface area (Å²) in [5.41, 5.74) is 6.73. The third kappa shape index (κ3) is 7.62. The van der Waals surface area contributed by atoms with E-state index in [0.29, 0.717) is 5.69 Å². The molecule has 0 spiro atoms. The Balaban J connectivity index is 2.27. The topological polar surface area (TPSA) is 150 Å². The lowest BCUT2D eigenvalue weighted by Gasteiger charge is -2.32. The number of ketones is 1. The summed E-state index contributed by atoms with van der Waals surface area (Å²) >= 11 is 4.12. The van der Waals surface area contributed by atoms with Gasteiger partial charge in [0.15, 0.2) is 11.8 Å². The molecule has 0 heterocycles. The summed E-state index contributed by atoms with van der Waals surface area (Å²) in [5.74, 6) is -4.10. The predicted molar refractivity (Wildman–Crippen MR) is 126 cm³/mol. The molecule has 0 aliphatic heterocycles. The lowest BCUT2D eigenvalue weighted by Crippen LogP contribution is -2.55. The van der Waals surface area contributed by atoms with Gasteiger partial charge in [-0.3, -0.25) is 14.4 Å². The van der Waals surface area contributed by atoms with E-state index in [0.717, 1.165) is 5.56 Å². The summed E-state index contributed by atoms with van der Waals surface area (Å²) in [5, 5.41) is 21.3. The number of carbonyl (C=O) groups is 4. The summed E-state index contributed by atoms with van der Waals surface area (Å²) in [6, 6.07) is 13.8. The van der Waals surface area contributed by atoms with Crippen LogP contribution in [0.25, 0.3) is 0 Å². The predicted octanol–water partition coefficient (Wildman–Crippen LogP) is 1.32. The Labute approximate surface area is 197 Å². The van der Waals surface area contributed by atoms with Crippen LogP contribution in [0.15, 0.2) is 60.7 Å². The van der Waals surface area contributed by atoms with Gasteiger partial charge in [0, 0.05) is 24.4 Å². The molecule has 2 rings (SSSR count). The van der Waals surface area contributed by atoms with Gasteiger partial charge in [-0.15, -0.1) is 0 Å². The molecule has 0 bridgehead atoms. The first-order valence-electron chi connectivity index (χ1n) is 10.2. The SMILES string of the molecule is N[C@@H](CCC(=O)N[C@@H](CS)C(=O)[C@@H](C(=O)O)N(Cc1ccccc1)c1ccccc1)C(=O)O. The highest BCUT2D eigenvalue weighted by atomic mass is 32.1. The maximum absolute atomic E-state index is 13.3. The number of nitrogens with one attached hydrogen (secondary N) is 1. The van der Waals surface area contributed by atoms with Crippen molar-refractivity contribution < 1.29 is 29.4 Å². The molecule has 9 nitrogen and oxygen atoms in total. The van der Waals surface area contributed by atoms with Crippen molar-refractivity contribution in [3.05, 3.63) is 66.2 Å². The van der Waals surface area contributed by atoms with Gasteiger partial charge < -0.3 is 26.2 Å². The fourth-order valence-corrected chi connectivity index (χ4v) is 3.48. The van der Waals surface area contributed by atoms with E-state index in [1.165, 1.54) is 4.90 Å². The number of carboxylic acids is 2. The number of nitrogens with two attached hydrogens (primary N) is 1. The molecule has 10 heteroatoms. The number of Topliss-reactive ketones (excluding diaryl/α,β-unsaturated/α-hetero) is 1. The Kier molecular flexibility index (Phi) is 9.89. The number of nitrogens with zero attached hydrogens (tertiary/aromatic N) is 1. The van der Waals surface area contributed by atoms with Crippen molar-refractivity contribution in [2.75, 3.05) is 10.7 Å². The average Bonchev–Trinajstić information content (AvgIpc) is 2.81. The second-order valence-corrected chi connectivity index (χ2v) is 7.74. The Bertz CT molecular complexity index is 957. The van der Waals surface area contributed by atoms with Crippen LogP contribution in [0.4, 0.5) is 5.69 Å². The molecule has 0 saturated carbocycles. The number of aliphatic carboxylic acids is 2. The van der Waals surface area contributed by atoms with Crippen LogP contribution in [0, 0.1) is 0 Å². The van der Waals surface area contributed by atoms with Gasteiger partial charge in [0.05, 0.1) is 6.04 Å². The van der Waals surface area contributed by atoms with Gasteiger partial charge in [0.25, 0.3) is 0 Å². The number of carbonyl (C=O) groups excluding carboxylic acids is 2. The third-order valence-corrected chi connectivity index (χ3v) is 5.32. The second kappa shape index (κ2) is 12.6. The zero-order chi connectivity index (χ0) is 24.4. The van der Waals surface area contributed by atoms with Crippen LogP contribution < -0.4 is 16.0 Å². The van der Waals surface area contributed by atoms with Gasteiger partial charge >= 0.3 is 11.9 Å². The van der Waals surface area contributed by atoms with E-state index in [2.05, 4.69) is 17.9 Å². The van der Waals surface area contributed by atoms with Crippen LogP contribution in [-0.2, 0) is 25.7 Å². The Morgan fingerprint density at radius 1 is 0.939 bits per heavy atom. The molecule has 0 saturated heterocycles. The van der Waals surface area contributed by atoms with E-state index in [4.69, 9.17) is 10.8 Å². The van der Waals surface area contributed by atoms with Crippen LogP contribution in [0.2, 0.25) is 0 Å². The van der Waals surface area contributed by atoms with E-state index < -0.39 is 41.8 Å². The first-order valence-corrected chi connectivity index (χ1v) is 10.9. The lowest BCUT2D eigenvalue weighted by molar-refractivity contribution is -0.144. The number of carboxylic acid groups (broad SMARTS) is 2. The largest absolute Gasteiger partial charge is 0.480 e. The van der Waals surface area contributed by atoms with Gasteiger partial charge in [0.2, 0.25) is 5.91 Å². The second-order valence-electron chi connectivity index (χ2n) is 7.38. The fourth-order valence-electron chi connectivity index (χ4n) is 3.21. The van der Waals surface area contributed by atoms with Crippen molar-refractivity contribution in [1.29, 1.82) is 0 Å². The van der Waals surface area contributed by atoms with E-state index in [1.807, 2.05) is 30.3 Å². The molecule has 2 aromatic carbocycles. The number of rotatable bonds is 13. The lowest BCUT2D eigenvalue weighted by atomic mass is 10.0. The molecule has 1 amide bonds. The molecule has 0 fully saturated rings. The summed E-state index contributed by atoms with van der Waals surface area (Å²) in [7, 11) is 0. The van der Waals surface area contributed by atoms with Gasteiger partial charge in [-0.1, -0.05) is 48.5 Å². The highest BCUT2D eigenvalue weighted by Gasteiger charge is 2.37. The minimum atomic E-state index is -1.59. The number of benzene rings is 2. The van der Waals surface area contributed by atoms with E-state index in [1.54, 1.807) is 30.3 Å². The molecule has 176 valence electrons. The van der Waals surface area contributed by atoms with Crippen molar-refractivity contribution in [1.82, 2.24) is 5.32 Å². The number of hydrogen-bond donors (Lipinski definition) is 5. The van der Waals surface area contributed by atoms with Crippen LogP contribution in [0.5, 0.6) is 0 Å². The molecule has 0 aromatic heterocycles. The molecular formula is C23H27N3O6S. The zero-order valence-electron chi connectivity index (χ0n) is 17.8. The summed E-state index contributed by atoms with van der Waals surface area (Å²) in [4.78, 5) is 50.1. The summed E-state index contributed by atoms with van der Waals surface area (Å²) < 4.78 is 0. The Morgan fingerprint density at radius 3 is 2.03 bits per heavy atom. The zero-order valence-corrected chi connectivity index (χ0v) is 18.7. The summed E-state index contributed by atoms with van der Waals surface area (Å²) in [6.07, 6.45) is -0.351. The van der Waals surface area contributed by atoms with Crippen LogP contribution >= 0.6 is 12.6 Å². The third-order valence-electron chi connectivity index (χ3n) is 4.96. The maximum atomic E-state index is 13.3. The minimum Gasteiger partial charge on any atom is -0.480 e. The quantitative estimate of drug-likeness (QED) is 0.216. The van der Waals surface area contributed by atoms with Gasteiger partial charge in [-0.2, -0.15) is 12.6 Å². The monoisotopic (exact) mass is 473 g/mol. The molecular weight excluding hydrogens is 446 g/mol. The van der Waals surface area contributed by atoms with Gasteiger partial charge in [-0.05, 0) is 24.1 Å². The number of thiol groups is 1. The number of anilines is 1. The van der Waals surface area contributed by atoms with Crippen LogP contribution in [0.1, 0.15) is 18.4 Å². The number of amides is 1. The van der Waals surface area contributed by atoms with Gasteiger partial charge in [0.1, 0.15) is 6.04 Å². The molecule has 0 aliphatic carbocycles. The number of hydrogen-bond acceptors (Lipinski definition) is 7. The van der Waals surface area contributed by atoms with Crippen molar-refractivity contribution >= 4 is 41.9 Å².